The Balaban J connectivity index is 1.99. The van der Waals surface area contributed by atoms with Gasteiger partial charge >= 0.3 is 0 Å². The van der Waals surface area contributed by atoms with Crippen molar-refractivity contribution in [2.75, 3.05) is 26.3 Å². The minimum Gasteiger partial charge on any atom is -0.378 e. The number of ether oxygens (including phenoxy) is 1. The predicted octanol–water partition coefficient (Wildman–Crippen LogP) is 1.30. The zero-order valence-corrected chi connectivity index (χ0v) is 12.9. The normalized spacial score (nSPS) is 10.6. The predicted molar refractivity (Wildman–Crippen MR) is 84.4 cm³/mol. The summed E-state index contributed by atoms with van der Waals surface area (Å²) in [5, 5.41) is 5.49. The van der Waals surface area contributed by atoms with Gasteiger partial charge < -0.3 is 15.4 Å². The molecule has 1 rings (SSSR count). The Kier molecular flexibility index (Phi) is 9.28. The third kappa shape index (κ3) is 8.16. The second kappa shape index (κ2) is 11.4. The van der Waals surface area contributed by atoms with Crippen LogP contribution in [0, 0.1) is 0 Å². The number of nitrogens with one attached hydrogen (secondary N) is 2. The molecule has 0 radical (unpaired) electrons. The minimum atomic E-state index is -0.173. The fourth-order valence-corrected chi connectivity index (χ4v) is 1.63. The van der Waals surface area contributed by atoms with Crippen molar-refractivity contribution in [2.45, 2.75) is 19.8 Å². The van der Waals surface area contributed by atoms with Gasteiger partial charge in [0.05, 0.1) is 18.8 Å². The summed E-state index contributed by atoms with van der Waals surface area (Å²) in [6.07, 6.45) is 8.27. The third-order valence-electron chi connectivity index (χ3n) is 2.73. The molecule has 0 aliphatic carbocycles. The van der Waals surface area contributed by atoms with Gasteiger partial charge in [-0.25, -0.2) is 0 Å². The van der Waals surface area contributed by atoms with Gasteiger partial charge in [-0.3, -0.25) is 14.6 Å². The summed E-state index contributed by atoms with van der Waals surface area (Å²) in [5.74, 6) is -0.189. The van der Waals surface area contributed by atoms with Crippen LogP contribution in [0.5, 0.6) is 0 Å². The second-order valence-corrected chi connectivity index (χ2v) is 4.54. The number of nitrogens with zero attached hydrogens (tertiary/aromatic N) is 1. The minimum absolute atomic E-state index is 0.0156. The number of amides is 2. The molecule has 0 saturated heterocycles. The Labute approximate surface area is 131 Å². The summed E-state index contributed by atoms with van der Waals surface area (Å²) in [5.41, 5.74) is 0.523. The van der Waals surface area contributed by atoms with Crippen LogP contribution in [0.25, 0.3) is 0 Å². The summed E-state index contributed by atoms with van der Waals surface area (Å²) in [6.45, 7) is 3.73. The molecule has 0 spiro atoms. The molecule has 1 aromatic rings. The van der Waals surface area contributed by atoms with Crippen LogP contribution in [0.4, 0.5) is 0 Å². The van der Waals surface area contributed by atoms with Gasteiger partial charge in [-0.1, -0.05) is 19.1 Å². The standard InChI is InChI=1S/C16H23N3O3/c1-2-3-4-7-15(20)18-9-11-22-12-10-19-16(21)14-6-5-8-17-13-14/h3-6,8,13H,2,7,9-12H2,1H3,(H,18,20)(H,19,21)/b4-3-. The van der Waals surface area contributed by atoms with Crippen molar-refractivity contribution in [1.82, 2.24) is 15.6 Å². The van der Waals surface area contributed by atoms with Crippen molar-refractivity contribution < 1.29 is 14.3 Å². The molecule has 2 amide bonds. The molecule has 0 saturated carbocycles. The van der Waals surface area contributed by atoms with Gasteiger partial charge in [0.25, 0.3) is 5.91 Å². The summed E-state index contributed by atoms with van der Waals surface area (Å²) in [4.78, 5) is 26.9. The van der Waals surface area contributed by atoms with Gasteiger partial charge in [0.1, 0.15) is 0 Å². The van der Waals surface area contributed by atoms with E-state index in [0.29, 0.717) is 38.3 Å². The quantitative estimate of drug-likeness (QED) is 0.504. The van der Waals surface area contributed by atoms with Crippen LogP contribution in [0.2, 0.25) is 0 Å². The van der Waals surface area contributed by atoms with E-state index in [1.54, 1.807) is 18.3 Å². The molecule has 2 N–H and O–H groups in total. The summed E-state index contributed by atoms with van der Waals surface area (Å²) >= 11 is 0. The van der Waals surface area contributed by atoms with Crippen LogP contribution in [-0.4, -0.2) is 43.1 Å². The SMILES string of the molecule is CC/C=C\CC(=O)NCCOCCNC(=O)c1cccnc1. The number of rotatable bonds is 10. The van der Waals surface area contributed by atoms with Crippen LogP contribution in [0.15, 0.2) is 36.7 Å². The number of hydrogen-bond acceptors (Lipinski definition) is 4. The summed E-state index contributed by atoms with van der Waals surface area (Å²) < 4.78 is 5.33. The molecule has 6 heteroatoms. The molecule has 1 heterocycles. The van der Waals surface area contributed by atoms with Crippen molar-refractivity contribution in [2.24, 2.45) is 0 Å². The number of hydrogen-bond donors (Lipinski definition) is 2. The number of aromatic nitrogens is 1. The molecule has 0 aromatic carbocycles. The number of carbonyl (C=O) groups is 2. The van der Waals surface area contributed by atoms with Crippen molar-refractivity contribution in [1.29, 1.82) is 0 Å². The Morgan fingerprint density at radius 2 is 2.00 bits per heavy atom. The van der Waals surface area contributed by atoms with Gasteiger partial charge in [-0.2, -0.15) is 0 Å². The molecule has 0 atom stereocenters. The maximum Gasteiger partial charge on any atom is 0.252 e. The van der Waals surface area contributed by atoms with Gasteiger partial charge in [0.15, 0.2) is 0 Å². The van der Waals surface area contributed by atoms with Crippen LogP contribution >= 0.6 is 0 Å². The van der Waals surface area contributed by atoms with Crippen LogP contribution in [0.3, 0.4) is 0 Å². The first-order valence-electron chi connectivity index (χ1n) is 7.41. The van der Waals surface area contributed by atoms with E-state index in [0.717, 1.165) is 6.42 Å². The molecular formula is C16H23N3O3. The van der Waals surface area contributed by atoms with Crippen molar-refractivity contribution in [3.63, 3.8) is 0 Å². The zero-order chi connectivity index (χ0) is 16.0. The van der Waals surface area contributed by atoms with Gasteiger partial charge in [0.2, 0.25) is 5.91 Å². The van der Waals surface area contributed by atoms with Crippen LogP contribution < -0.4 is 10.6 Å². The van der Waals surface area contributed by atoms with E-state index in [9.17, 15) is 9.59 Å². The number of allylic oxidation sites excluding steroid dienone is 1. The Hall–Kier alpha value is -2.21. The molecule has 0 unspecified atom stereocenters. The molecule has 22 heavy (non-hydrogen) atoms. The highest BCUT2D eigenvalue weighted by Gasteiger charge is 2.03. The van der Waals surface area contributed by atoms with Gasteiger partial charge in [-0.05, 0) is 18.6 Å². The lowest BCUT2D eigenvalue weighted by Gasteiger charge is -2.07. The topological polar surface area (TPSA) is 80.3 Å². The van der Waals surface area contributed by atoms with E-state index in [2.05, 4.69) is 15.6 Å². The Morgan fingerprint density at radius 1 is 1.23 bits per heavy atom. The maximum atomic E-state index is 11.7. The molecule has 0 fully saturated rings. The van der Waals surface area contributed by atoms with Crippen molar-refractivity contribution in [3.8, 4) is 0 Å². The van der Waals surface area contributed by atoms with E-state index in [1.807, 2.05) is 19.1 Å². The van der Waals surface area contributed by atoms with Gasteiger partial charge in [-0.15, -0.1) is 0 Å². The highest BCUT2D eigenvalue weighted by Crippen LogP contribution is 1.94. The fraction of sp³-hybridized carbons (Fsp3) is 0.438. The van der Waals surface area contributed by atoms with Crippen LogP contribution in [-0.2, 0) is 9.53 Å². The van der Waals surface area contributed by atoms with E-state index in [-0.39, 0.29) is 11.8 Å². The first-order chi connectivity index (χ1) is 10.7. The van der Waals surface area contributed by atoms with Crippen molar-refractivity contribution >= 4 is 11.8 Å². The van der Waals surface area contributed by atoms with E-state index in [4.69, 9.17) is 4.74 Å². The smallest absolute Gasteiger partial charge is 0.252 e. The lowest BCUT2D eigenvalue weighted by molar-refractivity contribution is -0.120. The Bertz CT molecular complexity index is 475. The van der Waals surface area contributed by atoms with Gasteiger partial charge in [0, 0.05) is 31.9 Å². The highest BCUT2D eigenvalue weighted by atomic mass is 16.5. The number of pyridine rings is 1. The lowest BCUT2D eigenvalue weighted by atomic mass is 10.3. The number of carbonyl (C=O) groups excluding carboxylic acids is 2. The first kappa shape index (κ1) is 17.8. The average Bonchev–Trinajstić information content (AvgIpc) is 2.55. The summed E-state index contributed by atoms with van der Waals surface area (Å²) in [7, 11) is 0. The van der Waals surface area contributed by atoms with E-state index >= 15 is 0 Å². The molecule has 0 bridgehead atoms. The second-order valence-electron chi connectivity index (χ2n) is 4.54. The molecule has 0 aliphatic rings. The Morgan fingerprint density at radius 3 is 2.68 bits per heavy atom. The monoisotopic (exact) mass is 305 g/mol. The fourth-order valence-electron chi connectivity index (χ4n) is 1.63. The third-order valence-corrected chi connectivity index (χ3v) is 2.73. The zero-order valence-electron chi connectivity index (χ0n) is 12.9. The molecule has 0 aliphatic heterocycles. The molecular weight excluding hydrogens is 282 g/mol. The lowest BCUT2D eigenvalue weighted by Crippen LogP contribution is -2.30. The average molecular weight is 305 g/mol. The molecule has 6 nitrogen and oxygen atoms in total. The van der Waals surface area contributed by atoms with Crippen LogP contribution in [0.1, 0.15) is 30.1 Å². The molecule has 120 valence electrons. The largest absolute Gasteiger partial charge is 0.378 e. The summed E-state index contributed by atoms with van der Waals surface area (Å²) in [6, 6.07) is 3.41. The maximum absolute atomic E-state index is 11.7. The van der Waals surface area contributed by atoms with E-state index in [1.165, 1.54) is 6.20 Å². The first-order valence-corrected chi connectivity index (χ1v) is 7.41. The van der Waals surface area contributed by atoms with E-state index < -0.39 is 0 Å². The highest BCUT2D eigenvalue weighted by molar-refractivity contribution is 5.93. The van der Waals surface area contributed by atoms with Crippen molar-refractivity contribution in [3.05, 3.63) is 42.2 Å². The molecule has 1 aromatic heterocycles.